The first-order chi connectivity index (χ1) is 13.8. The molecular formula is C22H29N5O. The van der Waals surface area contributed by atoms with E-state index in [1.807, 2.05) is 6.20 Å². The van der Waals surface area contributed by atoms with Crippen LogP contribution in [0.5, 0.6) is 5.75 Å². The van der Waals surface area contributed by atoms with Gasteiger partial charge in [0.05, 0.1) is 12.3 Å². The standard InChI is InChI=1S/C22H29N5O/c1-2-20(17-4-3-16-6-12-28-21(16)13-17)26-8-10-27(11-9-26)22-24-15-18-14-23-7-5-19(18)25-22/h3-4,13,15,20,23H,2,5-12,14H2,1H3. The molecule has 1 atom stereocenters. The summed E-state index contributed by atoms with van der Waals surface area (Å²) in [6.45, 7) is 9.06. The number of ether oxygens (including phenoxy) is 1. The minimum Gasteiger partial charge on any atom is -0.493 e. The Bertz CT molecular complexity index is 847. The summed E-state index contributed by atoms with van der Waals surface area (Å²) in [4.78, 5) is 14.5. The summed E-state index contributed by atoms with van der Waals surface area (Å²) in [5.74, 6) is 1.99. The number of benzene rings is 1. The SMILES string of the molecule is CCC(c1ccc2c(c1)OCC2)N1CCN(c2ncc3c(n2)CCNC3)CC1. The Morgan fingerprint density at radius 3 is 2.89 bits per heavy atom. The molecule has 1 aromatic carbocycles. The summed E-state index contributed by atoms with van der Waals surface area (Å²) >= 11 is 0. The molecule has 0 amide bonds. The van der Waals surface area contributed by atoms with Crippen LogP contribution < -0.4 is 15.0 Å². The minimum atomic E-state index is 0.451. The summed E-state index contributed by atoms with van der Waals surface area (Å²) < 4.78 is 5.79. The molecule has 28 heavy (non-hydrogen) atoms. The highest BCUT2D eigenvalue weighted by Gasteiger charge is 2.26. The monoisotopic (exact) mass is 379 g/mol. The van der Waals surface area contributed by atoms with Crippen LogP contribution in [-0.4, -0.2) is 54.2 Å². The number of rotatable bonds is 4. The van der Waals surface area contributed by atoms with Crippen LogP contribution >= 0.6 is 0 Å². The van der Waals surface area contributed by atoms with E-state index in [2.05, 4.69) is 45.2 Å². The Labute approximate surface area is 166 Å². The van der Waals surface area contributed by atoms with Crippen molar-refractivity contribution < 1.29 is 4.74 Å². The van der Waals surface area contributed by atoms with E-state index in [1.54, 1.807) is 0 Å². The van der Waals surface area contributed by atoms with Crippen molar-refractivity contribution in [3.05, 3.63) is 46.8 Å². The van der Waals surface area contributed by atoms with Gasteiger partial charge >= 0.3 is 0 Å². The van der Waals surface area contributed by atoms with Crippen molar-refractivity contribution in [2.75, 3.05) is 44.2 Å². The maximum Gasteiger partial charge on any atom is 0.225 e. The number of nitrogens with one attached hydrogen (secondary N) is 1. The van der Waals surface area contributed by atoms with E-state index in [9.17, 15) is 0 Å². The third-order valence-electron chi connectivity index (χ3n) is 6.33. The lowest BCUT2D eigenvalue weighted by Gasteiger charge is -2.39. The van der Waals surface area contributed by atoms with Crippen molar-refractivity contribution >= 4 is 5.95 Å². The molecule has 0 bridgehead atoms. The molecule has 6 nitrogen and oxygen atoms in total. The molecule has 4 heterocycles. The van der Waals surface area contributed by atoms with Crippen LogP contribution in [0.25, 0.3) is 0 Å². The number of hydrogen-bond acceptors (Lipinski definition) is 6. The third kappa shape index (κ3) is 3.35. The zero-order chi connectivity index (χ0) is 18.9. The fraction of sp³-hybridized carbons (Fsp3) is 0.545. The molecular weight excluding hydrogens is 350 g/mol. The summed E-state index contributed by atoms with van der Waals surface area (Å²) in [6, 6.07) is 7.28. The van der Waals surface area contributed by atoms with Gasteiger partial charge in [-0.3, -0.25) is 4.90 Å². The fourth-order valence-electron chi connectivity index (χ4n) is 4.71. The predicted octanol–water partition coefficient (Wildman–Crippen LogP) is 2.33. The van der Waals surface area contributed by atoms with Crippen LogP contribution in [0.15, 0.2) is 24.4 Å². The first-order valence-corrected chi connectivity index (χ1v) is 10.6. The van der Waals surface area contributed by atoms with Crippen molar-refractivity contribution in [2.45, 2.75) is 38.8 Å². The predicted molar refractivity (Wildman–Crippen MR) is 110 cm³/mol. The Kier molecular flexibility index (Phi) is 4.91. The zero-order valence-electron chi connectivity index (χ0n) is 16.7. The summed E-state index contributed by atoms with van der Waals surface area (Å²) in [5, 5.41) is 3.39. The van der Waals surface area contributed by atoms with Gasteiger partial charge in [-0.1, -0.05) is 19.1 Å². The van der Waals surface area contributed by atoms with Gasteiger partial charge < -0.3 is 15.0 Å². The fourth-order valence-corrected chi connectivity index (χ4v) is 4.71. The quantitative estimate of drug-likeness (QED) is 0.880. The van der Waals surface area contributed by atoms with E-state index in [-0.39, 0.29) is 0 Å². The van der Waals surface area contributed by atoms with E-state index in [1.165, 1.54) is 22.4 Å². The molecule has 1 N–H and O–H groups in total. The van der Waals surface area contributed by atoms with Gasteiger partial charge in [-0.2, -0.15) is 0 Å². The van der Waals surface area contributed by atoms with E-state index < -0.39 is 0 Å². The second-order valence-corrected chi connectivity index (χ2v) is 7.98. The molecule has 0 spiro atoms. The van der Waals surface area contributed by atoms with Crippen LogP contribution in [0, 0.1) is 0 Å². The van der Waals surface area contributed by atoms with E-state index in [0.29, 0.717) is 6.04 Å². The van der Waals surface area contributed by atoms with Crippen LogP contribution in [0.4, 0.5) is 5.95 Å². The average Bonchev–Trinajstić information content (AvgIpc) is 3.22. The first kappa shape index (κ1) is 17.9. The van der Waals surface area contributed by atoms with Gasteiger partial charge in [0, 0.05) is 69.9 Å². The van der Waals surface area contributed by atoms with Crippen LogP contribution in [0.1, 0.15) is 41.8 Å². The van der Waals surface area contributed by atoms with Gasteiger partial charge in [-0.15, -0.1) is 0 Å². The van der Waals surface area contributed by atoms with E-state index >= 15 is 0 Å². The van der Waals surface area contributed by atoms with Crippen molar-refractivity contribution in [3.8, 4) is 5.75 Å². The first-order valence-electron chi connectivity index (χ1n) is 10.6. The zero-order valence-corrected chi connectivity index (χ0v) is 16.7. The van der Waals surface area contributed by atoms with Crippen LogP contribution in [0.3, 0.4) is 0 Å². The normalized spacial score (nSPS) is 20.4. The molecule has 1 unspecified atom stereocenters. The molecule has 3 aliphatic rings. The van der Waals surface area contributed by atoms with Crippen molar-refractivity contribution in [1.82, 2.24) is 20.2 Å². The van der Waals surface area contributed by atoms with Gasteiger partial charge in [0.1, 0.15) is 5.75 Å². The molecule has 1 aromatic heterocycles. The molecule has 0 aliphatic carbocycles. The number of piperazine rings is 1. The Hall–Kier alpha value is -2.18. The second kappa shape index (κ2) is 7.68. The second-order valence-electron chi connectivity index (χ2n) is 7.98. The van der Waals surface area contributed by atoms with Gasteiger partial charge in [0.15, 0.2) is 0 Å². The Morgan fingerprint density at radius 1 is 1.14 bits per heavy atom. The largest absolute Gasteiger partial charge is 0.493 e. The van der Waals surface area contributed by atoms with Gasteiger partial charge in [-0.25, -0.2) is 9.97 Å². The molecule has 0 saturated carbocycles. The smallest absolute Gasteiger partial charge is 0.225 e. The van der Waals surface area contributed by atoms with Crippen molar-refractivity contribution in [1.29, 1.82) is 0 Å². The lowest BCUT2D eigenvalue weighted by molar-refractivity contribution is 0.180. The number of hydrogen-bond donors (Lipinski definition) is 1. The molecule has 3 aliphatic heterocycles. The maximum atomic E-state index is 5.79. The molecule has 2 aromatic rings. The molecule has 148 valence electrons. The lowest BCUT2D eigenvalue weighted by Crippen LogP contribution is -2.48. The summed E-state index contributed by atoms with van der Waals surface area (Å²) in [7, 11) is 0. The summed E-state index contributed by atoms with van der Waals surface area (Å²) in [6.07, 6.45) is 5.17. The number of fused-ring (bicyclic) bond motifs is 2. The maximum absolute atomic E-state index is 5.79. The van der Waals surface area contributed by atoms with Crippen molar-refractivity contribution in [2.24, 2.45) is 0 Å². The van der Waals surface area contributed by atoms with Crippen molar-refractivity contribution in [3.63, 3.8) is 0 Å². The van der Waals surface area contributed by atoms with Gasteiger partial charge in [0.2, 0.25) is 5.95 Å². The number of nitrogens with zero attached hydrogens (tertiary/aromatic N) is 4. The molecule has 1 fully saturated rings. The molecule has 6 heteroatoms. The van der Waals surface area contributed by atoms with Gasteiger partial charge in [0.25, 0.3) is 0 Å². The van der Waals surface area contributed by atoms with E-state index in [0.717, 1.165) is 76.8 Å². The van der Waals surface area contributed by atoms with Crippen LogP contribution in [-0.2, 0) is 19.4 Å². The molecule has 0 radical (unpaired) electrons. The Morgan fingerprint density at radius 2 is 2.04 bits per heavy atom. The molecule has 5 rings (SSSR count). The molecule has 1 saturated heterocycles. The van der Waals surface area contributed by atoms with E-state index in [4.69, 9.17) is 9.72 Å². The Balaban J connectivity index is 1.27. The minimum absolute atomic E-state index is 0.451. The highest BCUT2D eigenvalue weighted by Crippen LogP contribution is 2.33. The number of anilines is 1. The van der Waals surface area contributed by atoms with Gasteiger partial charge in [-0.05, 0) is 23.6 Å². The summed E-state index contributed by atoms with van der Waals surface area (Å²) in [5.41, 5.74) is 5.20. The average molecular weight is 380 g/mol. The third-order valence-corrected chi connectivity index (χ3v) is 6.33. The topological polar surface area (TPSA) is 53.5 Å². The highest BCUT2D eigenvalue weighted by molar-refractivity contribution is 5.41. The lowest BCUT2D eigenvalue weighted by atomic mass is 9.99. The highest BCUT2D eigenvalue weighted by atomic mass is 16.5. The number of aromatic nitrogens is 2. The van der Waals surface area contributed by atoms with Crippen LogP contribution in [0.2, 0.25) is 0 Å².